The highest BCUT2D eigenvalue weighted by Gasteiger charge is 2.65. The van der Waals surface area contributed by atoms with Crippen molar-refractivity contribution in [2.75, 3.05) is 6.61 Å². The van der Waals surface area contributed by atoms with Gasteiger partial charge in [0, 0.05) is 18.6 Å². The zero-order valence-electron chi connectivity index (χ0n) is 21.3. The molecule has 0 aromatic heterocycles. The third kappa shape index (κ3) is 4.01. The highest BCUT2D eigenvalue weighted by atomic mass is 16.7. The molecular weight excluding hydrogens is 436 g/mol. The summed E-state index contributed by atoms with van der Waals surface area (Å²) in [5.41, 5.74) is -0.986. The standard InChI is InChI=1S/C27H42O7/c1-16(29)33-23-17(13-22(31)34-23)18(30)14-21-26(5)11-7-19-24(2,3)9-6-10-25(19,4)20(26)8-12-27(21,32)15-28/h13,18-21,23,28,30,32H,6-12,14-15H2,1-5H3/t18-,19+,20+,21-,23-,25+,26-,27-/m1/s1. The topological polar surface area (TPSA) is 113 Å². The fourth-order valence-electron chi connectivity index (χ4n) is 8.89. The Labute approximate surface area is 202 Å². The van der Waals surface area contributed by atoms with Crippen LogP contribution in [0.3, 0.4) is 0 Å². The lowest BCUT2D eigenvalue weighted by Crippen LogP contribution is -2.64. The number of carbonyl (C=O) groups is 2. The second kappa shape index (κ2) is 8.59. The lowest BCUT2D eigenvalue weighted by Gasteiger charge is -2.68. The van der Waals surface area contributed by atoms with Crippen LogP contribution in [0.1, 0.15) is 86.0 Å². The molecule has 0 aromatic rings. The van der Waals surface area contributed by atoms with Crippen LogP contribution < -0.4 is 0 Å². The fraction of sp³-hybridized carbons (Fsp3) is 0.852. The summed E-state index contributed by atoms with van der Waals surface area (Å²) in [5.74, 6) is -0.684. The number of hydrogen-bond donors (Lipinski definition) is 3. The Morgan fingerprint density at radius 1 is 1.12 bits per heavy atom. The molecule has 4 rings (SSSR count). The van der Waals surface area contributed by atoms with Crippen LogP contribution in [0.15, 0.2) is 11.6 Å². The Hall–Kier alpha value is -1.44. The van der Waals surface area contributed by atoms with Gasteiger partial charge in [-0.25, -0.2) is 4.79 Å². The summed E-state index contributed by atoms with van der Waals surface area (Å²) in [4.78, 5) is 23.4. The summed E-state index contributed by atoms with van der Waals surface area (Å²) < 4.78 is 10.2. The van der Waals surface area contributed by atoms with Gasteiger partial charge in [-0.2, -0.15) is 0 Å². The molecule has 0 bridgehead atoms. The predicted octanol–water partition coefficient (Wildman–Crippen LogP) is 3.49. The van der Waals surface area contributed by atoms with E-state index in [0.717, 1.165) is 25.7 Å². The number of ether oxygens (including phenoxy) is 2. The Morgan fingerprint density at radius 3 is 2.44 bits per heavy atom. The monoisotopic (exact) mass is 478 g/mol. The molecule has 7 nitrogen and oxygen atoms in total. The minimum Gasteiger partial charge on any atom is -0.421 e. The molecule has 0 spiro atoms. The van der Waals surface area contributed by atoms with Crippen molar-refractivity contribution in [2.45, 2.75) is 104 Å². The normalized spacial score (nSPS) is 44.4. The van der Waals surface area contributed by atoms with Crippen molar-refractivity contribution >= 4 is 11.9 Å². The average molecular weight is 479 g/mol. The van der Waals surface area contributed by atoms with Gasteiger partial charge in [0.15, 0.2) is 0 Å². The van der Waals surface area contributed by atoms with Crippen LogP contribution in [0.5, 0.6) is 0 Å². The van der Waals surface area contributed by atoms with Crippen LogP contribution in [0.2, 0.25) is 0 Å². The first-order valence-corrected chi connectivity index (χ1v) is 12.9. The van der Waals surface area contributed by atoms with Crippen molar-refractivity contribution in [3.05, 3.63) is 11.6 Å². The Kier molecular flexibility index (Phi) is 6.48. The Bertz CT molecular complexity index is 865. The largest absolute Gasteiger partial charge is 0.421 e. The second-order valence-corrected chi connectivity index (χ2v) is 12.6. The van der Waals surface area contributed by atoms with Crippen LogP contribution in [0, 0.1) is 34.0 Å². The van der Waals surface area contributed by atoms with Crippen molar-refractivity contribution in [1.82, 2.24) is 0 Å². The summed E-state index contributed by atoms with van der Waals surface area (Å²) in [7, 11) is 0. The predicted molar refractivity (Wildman–Crippen MR) is 125 cm³/mol. The summed E-state index contributed by atoms with van der Waals surface area (Å²) >= 11 is 0. The van der Waals surface area contributed by atoms with Gasteiger partial charge in [0.1, 0.15) is 0 Å². The third-order valence-electron chi connectivity index (χ3n) is 10.3. The summed E-state index contributed by atoms with van der Waals surface area (Å²) in [6, 6.07) is 0. The number of aliphatic hydroxyl groups excluding tert-OH is 2. The first kappa shape index (κ1) is 25.6. The van der Waals surface area contributed by atoms with Gasteiger partial charge in [-0.05, 0) is 78.9 Å². The van der Waals surface area contributed by atoms with Crippen molar-refractivity contribution in [3.63, 3.8) is 0 Å². The highest BCUT2D eigenvalue weighted by Crippen LogP contribution is 2.70. The molecule has 192 valence electrons. The van der Waals surface area contributed by atoms with Gasteiger partial charge in [0.2, 0.25) is 0 Å². The van der Waals surface area contributed by atoms with Crippen molar-refractivity contribution < 1.29 is 34.4 Å². The molecular formula is C27H42O7. The first-order chi connectivity index (χ1) is 15.8. The number of aliphatic hydroxyl groups is 3. The zero-order chi connectivity index (χ0) is 25.1. The van der Waals surface area contributed by atoms with E-state index in [4.69, 9.17) is 9.47 Å². The molecule has 34 heavy (non-hydrogen) atoms. The van der Waals surface area contributed by atoms with Crippen molar-refractivity contribution in [3.8, 4) is 0 Å². The van der Waals surface area contributed by atoms with Gasteiger partial charge in [-0.15, -0.1) is 0 Å². The minimum absolute atomic E-state index is 0.140. The molecule has 0 radical (unpaired) electrons. The van der Waals surface area contributed by atoms with Crippen LogP contribution in [0.25, 0.3) is 0 Å². The molecule has 3 N–H and O–H groups in total. The van der Waals surface area contributed by atoms with E-state index in [2.05, 4.69) is 27.7 Å². The van der Waals surface area contributed by atoms with Gasteiger partial charge < -0.3 is 24.8 Å². The molecule has 0 saturated heterocycles. The van der Waals surface area contributed by atoms with E-state index >= 15 is 0 Å². The number of fused-ring (bicyclic) bond motifs is 3. The minimum atomic E-state index is -1.32. The fourth-order valence-corrected chi connectivity index (χ4v) is 8.89. The molecule has 0 amide bonds. The number of esters is 2. The number of carbonyl (C=O) groups excluding carboxylic acids is 2. The number of cyclic esters (lactones) is 1. The lowest BCUT2D eigenvalue weighted by molar-refractivity contribution is -0.228. The van der Waals surface area contributed by atoms with E-state index in [1.54, 1.807) is 0 Å². The lowest BCUT2D eigenvalue weighted by atomic mass is 9.38. The molecule has 8 atom stereocenters. The average Bonchev–Trinajstić information content (AvgIpc) is 3.09. The third-order valence-corrected chi connectivity index (χ3v) is 10.3. The summed E-state index contributed by atoms with van der Waals surface area (Å²) in [5, 5.41) is 33.1. The van der Waals surface area contributed by atoms with Gasteiger partial charge in [-0.3, -0.25) is 4.79 Å². The molecule has 3 fully saturated rings. The molecule has 0 unspecified atom stereocenters. The van der Waals surface area contributed by atoms with E-state index in [1.807, 2.05) is 0 Å². The number of rotatable bonds is 5. The quantitative estimate of drug-likeness (QED) is 0.518. The van der Waals surface area contributed by atoms with Crippen molar-refractivity contribution in [2.24, 2.45) is 34.0 Å². The van der Waals surface area contributed by atoms with Crippen LogP contribution in [-0.4, -0.2) is 51.9 Å². The van der Waals surface area contributed by atoms with E-state index < -0.39 is 29.9 Å². The van der Waals surface area contributed by atoms with Gasteiger partial charge in [0.05, 0.1) is 18.3 Å². The van der Waals surface area contributed by atoms with Crippen LogP contribution >= 0.6 is 0 Å². The van der Waals surface area contributed by atoms with Crippen LogP contribution in [0.4, 0.5) is 0 Å². The van der Waals surface area contributed by atoms with E-state index in [0.29, 0.717) is 18.3 Å². The van der Waals surface area contributed by atoms with E-state index in [9.17, 15) is 24.9 Å². The molecule has 3 saturated carbocycles. The van der Waals surface area contributed by atoms with Crippen molar-refractivity contribution in [1.29, 1.82) is 0 Å². The molecule has 7 heteroatoms. The zero-order valence-corrected chi connectivity index (χ0v) is 21.3. The smallest absolute Gasteiger partial charge is 0.334 e. The highest BCUT2D eigenvalue weighted by molar-refractivity contribution is 5.86. The Morgan fingerprint density at radius 2 is 1.79 bits per heavy atom. The van der Waals surface area contributed by atoms with Gasteiger partial charge >= 0.3 is 11.9 Å². The second-order valence-electron chi connectivity index (χ2n) is 12.6. The maximum atomic E-state index is 11.9. The molecule has 1 heterocycles. The summed E-state index contributed by atoms with van der Waals surface area (Å²) in [6.45, 7) is 10.3. The SMILES string of the molecule is CC(=O)O[C@@H]1OC(=O)C=C1[C@H](O)C[C@H]1[C@](O)(CO)CC[C@H]2[C@@]3(C)CCCC(C)(C)[C@@H]3CC[C@]21C. The molecule has 0 aromatic carbocycles. The van der Waals surface area contributed by atoms with Gasteiger partial charge in [0.25, 0.3) is 6.29 Å². The van der Waals surface area contributed by atoms with E-state index in [-0.39, 0.29) is 40.8 Å². The van der Waals surface area contributed by atoms with Crippen LogP contribution in [-0.2, 0) is 19.1 Å². The maximum absolute atomic E-state index is 11.9. The Balaban J connectivity index is 1.66. The summed E-state index contributed by atoms with van der Waals surface area (Å²) in [6.07, 6.45) is 5.86. The molecule has 3 aliphatic carbocycles. The van der Waals surface area contributed by atoms with Gasteiger partial charge in [-0.1, -0.05) is 34.1 Å². The first-order valence-electron chi connectivity index (χ1n) is 12.9. The molecule has 4 aliphatic rings. The van der Waals surface area contributed by atoms with E-state index in [1.165, 1.54) is 25.8 Å². The number of hydrogen-bond acceptors (Lipinski definition) is 7. The maximum Gasteiger partial charge on any atom is 0.334 e. The molecule has 1 aliphatic heterocycles.